The zero-order valence-electron chi connectivity index (χ0n) is 17.5. The molecule has 0 aliphatic rings. The van der Waals surface area contributed by atoms with E-state index in [1.54, 1.807) is 44.0 Å². The topological polar surface area (TPSA) is 92.4 Å². The van der Waals surface area contributed by atoms with E-state index in [0.29, 0.717) is 28.1 Å². The Labute approximate surface area is 187 Å². The van der Waals surface area contributed by atoms with Crippen molar-refractivity contribution in [3.63, 3.8) is 0 Å². The fourth-order valence-corrected chi connectivity index (χ4v) is 3.99. The van der Waals surface area contributed by atoms with E-state index >= 15 is 0 Å². The van der Waals surface area contributed by atoms with Gasteiger partial charge >= 0.3 is 0 Å². The van der Waals surface area contributed by atoms with Crippen molar-refractivity contribution in [2.45, 2.75) is 0 Å². The van der Waals surface area contributed by atoms with Crippen LogP contribution in [0, 0.1) is 5.82 Å². The van der Waals surface area contributed by atoms with Gasteiger partial charge in [0.2, 0.25) is 0 Å². The van der Waals surface area contributed by atoms with Crippen LogP contribution in [0.25, 0.3) is 55.7 Å². The number of H-pyrrole nitrogens is 2. The summed E-state index contributed by atoms with van der Waals surface area (Å²) in [5.41, 5.74) is 6.53. The molecule has 0 aliphatic heterocycles. The molecule has 160 valence electrons. The van der Waals surface area contributed by atoms with E-state index in [9.17, 15) is 4.39 Å². The van der Waals surface area contributed by atoms with Gasteiger partial charge in [-0.3, -0.25) is 15.1 Å². The molecular weight excluding hydrogens is 419 g/mol. The molecule has 2 N–H and O–H groups in total. The van der Waals surface area contributed by atoms with Crippen LogP contribution in [0.15, 0.2) is 73.3 Å². The number of halogens is 1. The minimum atomic E-state index is -0.294. The molecule has 0 atom stereocenters. The number of methoxy groups -OCH3 is 1. The second-order valence-corrected chi connectivity index (χ2v) is 7.59. The van der Waals surface area contributed by atoms with Crippen LogP contribution in [0.3, 0.4) is 0 Å². The highest BCUT2D eigenvalue weighted by atomic mass is 19.1. The van der Waals surface area contributed by atoms with Crippen molar-refractivity contribution in [3.8, 4) is 39.5 Å². The SMILES string of the molecule is COc1cncc(-c2ccc3[nH]nc(-c4cc5c(-c6ccccc6F)cncc5[nH]4)c3n2)c1. The highest BCUT2D eigenvalue weighted by Crippen LogP contribution is 2.34. The molecule has 0 aliphatic carbocycles. The van der Waals surface area contributed by atoms with E-state index in [1.165, 1.54) is 6.07 Å². The van der Waals surface area contributed by atoms with Gasteiger partial charge in [0, 0.05) is 34.5 Å². The van der Waals surface area contributed by atoms with Crippen LogP contribution < -0.4 is 4.74 Å². The number of hydrogen-bond donors (Lipinski definition) is 2. The van der Waals surface area contributed by atoms with Crippen LogP contribution >= 0.6 is 0 Å². The van der Waals surface area contributed by atoms with E-state index in [2.05, 4.69) is 25.1 Å². The van der Waals surface area contributed by atoms with Crippen LogP contribution in [0.5, 0.6) is 5.75 Å². The van der Waals surface area contributed by atoms with Gasteiger partial charge < -0.3 is 9.72 Å². The van der Waals surface area contributed by atoms with Crippen molar-refractivity contribution in [2.75, 3.05) is 7.11 Å². The van der Waals surface area contributed by atoms with E-state index in [1.807, 2.05) is 30.3 Å². The Morgan fingerprint density at radius 3 is 2.64 bits per heavy atom. The summed E-state index contributed by atoms with van der Waals surface area (Å²) in [7, 11) is 1.60. The molecule has 0 fully saturated rings. The van der Waals surface area contributed by atoms with Crippen LogP contribution in [0.1, 0.15) is 0 Å². The van der Waals surface area contributed by atoms with Crippen LogP contribution in [0.2, 0.25) is 0 Å². The molecule has 6 aromatic rings. The quantitative estimate of drug-likeness (QED) is 0.387. The number of nitrogens with one attached hydrogen (secondary N) is 2. The third kappa shape index (κ3) is 3.20. The van der Waals surface area contributed by atoms with Gasteiger partial charge in [0.05, 0.1) is 41.9 Å². The van der Waals surface area contributed by atoms with Gasteiger partial charge in [-0.05, 0) is 30.3 Å². The lowest BCUT2D eigenvalue weighted by molar-refractivity contribution is 0.413. The molecule has 8 heteroatoms. The Bertz CT molecular complexity index is 1640. The molecule has 5 aromatic heterocycles. The van der Waals surface area contributed by atoms with E-state index in [4.69, 9.17) is 9.72 Å². The fourth-order valence-electron chi connectivity index (χ4n) is 3.99. The molecule has 0 amide bonds. The molecule has 5 heterocycles. The standard InChI is InChI=1S/C25H17FN6O/c1-33-15-8-14(10-27-11-15)20-6-7-21-24(30-20)25(32-31-21)22-9-17-18(12-28-13-23(17)29-22)16-4-2-3-5-19(16)26/h2-13,29H,1H3,(H,31,32). The molecule has 6 rings (SSSR count). The largest absolute Gasteiger partial charge is 0.495 e. The third-order valence-electron chi connectivity index (χ3n) is 5.62. The minimum absolute atomic E-state index is 0.294. The van der Waals surface area contributed by atoms with E-state index in [-0.39, 0.29) is 5.82 Å². The molecule has 0 unspecified atom stereocenters. The minimum Gasteiger partial charge on any atom is -0.495 e. The van der Waals surface area contributed by atoms with Gasteiger partial charge in [-0.15, -0.1) is 0 Å². The van der Waals surface area contributed by atoms with Gasteiger partial charge in [-0.25, -0.2) is 9.37 Å². The predicted molar refractivity (Wildman–Crippen MR) is 124 cm³/mol. The Morgan fingerprint density at radius 1 is 0.879 bits per heavy atom. The lowest BCUT2D eigenvalue weighted by atomic mass is 10.0. The lowest BCUT2D eigenvalue weighted by Crippen LogP contribution is -1.89. The second kappa shape index (κ2) is 7.52. The lowest BCUT2D eigenvalue weighted by Gasteiger charge is -2.04. The predicted octanol–water partition coefficient (Wildman–Crippen LogP) is 5.38. The molecule has 33 heavy (non-hydrogen) atoms. The average molecular weight is 436 g/mol. The fraction of sp³-hybridized carbons (Fsp3) is 0.0400. The van der Waals surface area contributed by atoms with Crippen molar-refractivity contribution in [3.05, 3.63) is 79.1 Å². The Hall–Kier alpha value is -4.59. The number of benzene rings is 1. The number of aromatic amines is 2. The smallest absolute Gasteiger partial charge is 0.137 e. The zero-order valence-corrected chi connectivity index (χ0v) is 17.5. The molecule has 0 saturated heterocycles. The maximum Gasteiger partial charge on any atom is 0.137 e. The highest BCUT2D eigenvalue weighted by Gasteiger charge is 2.17. The van der Waals surface area contributed by atoms with Crippen LogP contribution in [0.4, 0.5) is 4.39 Å². The van der Waals surface area contributed by atoms with Gasteiger partial charge in [0.1, 0.15) is 22.8 Å². The zero-order chi connectivity index (χ0) is 22.4. The summed E-state index contributed by atoms with van der Waals surface area (Å²) >= 11 is 0. The first-order valence-electron chi connectivity index (χ1n) is 10.3. The summed E-state index contributed by atoms with van der Waals surface area (Å²) in [6.07, 6.45) is 6.79. The van der Waals surface area contributed by atoms with Crippen molar-refractivity contribution in [2.24, 2.45) is 0 Å². The van der Waals surface area contributed by atoms with Crippen molar-refractivity contribution in [1.82, 2.24) is 30.1 Å². The van der Waals surface area contributed by atoms with Crippen molar-refractivity contribution in [1.29, 1.82) is 0 Å². The summed E-state index contributed by atoms with van der Waals surface area (Å²) in [5, 5.41) is 8.39. The van der Waals surface area contributed by atoms with Crippen LogP contribution in [-0.4, -0.2) is 37.2 Å². The average Bonchev–Trinajstić information content (AvgIpc) is 3.48. The van der Waals surface area contributed by atoms with Gasteiger partial charge in [-0.1, -0.05) is 18.2 Å². The molecule has 7 nitrogen and oxygen atoms in total. The Balaban J connectivity index is 1.50. The summed E-state index contributed by atoms with van der Waals surface area (Å²) < 4.78 is 19.8. The summed E-state index contributed by atoms with van der Waals surface area (Å²) in [5.74, 6) is 0.364. The number of ether oxygens (including phenoxy) is 1. The van der Waals surface area contributed by atoms with Crippen molar-refractivity contribution < 1.29 is 9.13 Å². The molecule has 0 radical (unpaired) electrons. The maximum absolute atomic E-state index is 14.5. The third-order valence-corrected chi connectivity index (χ3v) is 5.62. The van der Waals surface area contributed by atoms with Crippen molar-refractivity contribution >= 4 is 21.9 Å². The molecule has 1 aromatic carbocycles. The number of hydrogen-bond acceptors (Lipinski definition) is 5. The summed E-state index contributed by atoms with van der Waals surface area (Å²) in [6.45, 7) is 0. The number of pyridine rings is 3. The number of nitrogens with zero attached hydrogens (tertiary/aromatic N) is 4. The number of aromatic nitrogens is 6. The van der Waals surface area contributed by atoms with Gasteiger partial charge in [-0.2, -0.15) is 5.10 Å². The maximum atomic E-state index is 14.5. The molecule has 0 saturated carbocycles. The number of rotatable bonds is 4. The van der Waals surface area contributed by atoms with Gasteiger partial charge in [0.15, 0.2) is 0 Å². The molecule has 0 spiro atoms. The second-order valence-electron chi connectivity index (χ2n) is 7.59. The monoisotopic (exact) mass is 436 g/mol. The number of fused-ring (bicyclic) bond motifs is 2. The first kappa shape index (κ1) is 19.1. The summed E-state index contributed by atoms with van der Waals surface area (Å²) in [6, 6.07) is 14.4. The Morgan fingerprint density at radius 2 is 1.76 bits per heavy atom. The van der Waals surface area contributed by atoms with E-state index in [0.717, 1.165) is 33.4 Å². The molecule has 0 bridgehead atoms. The van der Waals surface area contributed by atoms with Crippen LogP contribution in [-0.2, 0) is 0 Å². The first-order valence-corrected chi connectivity index (χ1v) is 10.3. The van der Waals surface area contributed by atoms with Gasteiger partial charge in [0.25, 0.3) is 0 Å². The Kier molecular flexibility index (Phi) is 4.36. The van der Waals surface area contributed by atoms with E-state index < -0.39 is 0 Å². The first-order chi connectivity index (χ1) is 16.2. The molecular formula is C25H17FN6O. The highest BCUT2D eigenvalue weighted by molar-refractivity contribution is 6.00. The summed E-state index contributed by atoms with van der Waals surface area (Å²) in [4.78, 5) is 16.7. The normalized spacial score (nSPS) is 11.3.